The standard InChI is InChI=1S/C7H11F2N/c1-5(2-3-5)6(10)4-7(6,8)9/h2-4,10H2,1H3. The monoisotopic (exact) mass is 147 g/mol. The van der Waals surface area contributed by atoms with Crippen LogP contribution in [0.4, 0.5) is 8.78 Å². The van der Waals surface area contributed by atoms with Gasteiger partial charge in [-0.25, -0.2) is 8.78 Å². The lowest BCUT2D eigenvalue weighted by Gasteiger charge is -2.17. The van der Waals surface area contributed by atoms with Crippen molar-refractivity contribution in [2.45, 2.75) is 37.6 Å². The van der Waals surface area contributed by atoms with Gasteiger partial charge in [-0.15, -0.1) is 0 Å². The third kappa shape index (κ3) is 0.506. The molecule has 0 bridgehead atoms. The molecule has 0 aliphatic heterocycles. The minimum absolute atomic E-state index is 0.101. The van der Waals surface area contributed by atoms with Crippen LogP contribution < -0.4 is 5.73 Å². The quantitative estimate of drug-likeness (QED) is 0.598. The third-order valence-corrected chi connectivity index (χ3v) is 3.11. The summed E-state index contributed by atoms with van der Waals surface area (Å²) < 4.78 is 25.2. The van der Waals surface area contributed by atoms with Crippen LogP contribution in [0.15, 0.2) is 0 Å². The first-order chi connectivity index (χ1) is 4.41. The molecule has 1 unspecified atom stereocenters. The van der Waals surface area contributed by atoms with Gasteiger partial charge < -0.3 is 5.73 Å². The van der Waals surface area contributed by atoms with Crippen LogP contribution in [0.3, 0.4) is 0 Å². The molecule has 0 aromatic carbocycles. The van der Waals surface area contributed by atoms with Gasteiger partial charge in [0.15, 0.2) is 0 Å². The first kappa shape index (κ1) is 6.53. The lowest BCUT2D eigenvalue weighted by Crippen LogP contribution is -2.38. The highest BCUT2D eigenvalue weighted by Crippen LogP contribution is 2.69. The summed E-state index contributed by atoms with van der Waals surface area (Å²) in [6.07, 6.45) is 1.65. The van der Waals surface area contributed by atoms with Gasteiger partial charge in [-0.2, -0.15) is 0 Å². The van der Waals surface area contributed by atoms with Crippen LogP contribution in [0.1, 0.15) is 26.2 Å². The normalized spacial score (nSPS) is 46.8. The van der Waals surface area contributed by atoms with E-state index in [2.05, 4.69) is 0 Å². The molecule has 10 heavy (non-hydrogen) atoms. The van der Waals surface area contributed by atoms with Crippen LogP contribution in [0, 0.1) is 5.41 Å². The Hall–Kier alpha value is -0.180. The number of hydrogen-bond acceptors (Lipinski definition) is 1. The fourth-order valence-corrected chi connectivity index (χ4v) is 1.59. The van der Waals surface area contributed by atoms with E-state index in [-0.39, 0.29) is 11.8 Å². The maximum atomic E-state index is 12.6. The summed E-state index contributed by atoms with van der Waals surface area (Å²) in [5, 5.41) is 0. The fourth-order valence-electron chi connectivity index (χ4n) is 1.59. The molecule has 2 fully saturated rings. The van der Waals surface area contributed by atoms with Gasteiger partial charge in [0.1, 0.15) is 0 Å². The van der Waals surface area contributed by atoms with E-state index >= 15 is 0 Å². The number of rotatable bonds is 1. The molecule has 1 atom stereocenters. The van der Waals surface area contributed by atoms with Crippen molar-refractivity contribution >= 4 is 0 Å². The predicted molar refractivity (Wildman–Crippen MR) is 33.8 cm³/mol. The molecular weight excluding hydrogens is 136 g/mol. The van der Waals surface area contributed by atoms with Crippen molar-refractivity contribution in [3.8, 4) is 0 Å². The van der Waals surface area contributed by atoms with Crippen LogP contribution >= 0.6 is 0 Å². The maximum Gasteiger partial charge on any atom is 0.268 e. The Morgan fingerprint density at radius 3 is 1.80 bits per heavy atom. The highest BCUT2D eigenvalue weighted by atomic mass is 19.3. The fraction of sp³-hybridized carbons (Fsp3) is 1.00. The largest absolute Gasteiger partial charge is 0.319 e. The van der Waals surface area contributed by atoms with Crippen LogP contribution in [0.25, 0.3) is 0 Å². The molecule has 3 heteroatoms. The zero-order valence-electron chi connectivity index (χ0n) is 5.95. The average molecular weight is 147 g/mol. The Morgan fingerprint density at radius 2 is 1.70 bits per heavy atom. The summed E-state index contributed by atoms with van der Waals surface area (Å²) in [6.45, 7) is 1.86. The molecule has 2 N–H and O–H groups in total. The minimum atomic E-state index is -2.57. The molecule has 2 aliphatic carbocycles. The van der Waals surface area contributed by atoms with Gasteiger partial charge in [-0.1, -0.05) is 6.92 Å². The smallest absolute Gasteiger partial charge is 0.268 e. The highest BCUT2D eigenvalue weighted by Gasteiger charge is 2.79. The molecule has 2 rings (SSSR count). The summed E-state index contributed by atoms with van der Waals surface area (Å²) in [7, 11) is 0. The van der Waals surface area contributed by atoms with E-state index < -0.39 is 11.5 Å². The van der Waals surface area contributed by atoms with Gasteiger partial charge in [-0.05, 0) is 18.3 Å². The second-order valence-corrected chi connectivity index (χ2v) is 3.91. The Morgan fingerprint density at radius 1 is 1.30 bits per heavy atom. The second kappa shape index (κ2) is 1.24. The van der Waals surface area contributed by atoms with E-state index in [1.807, 2.05) is 6.92 Å². The lowest BCUT2D eigenvalue weighted by molar-refractivity contribution is 0.0705. The number of hydrogen-bond donors (Lipinski definition) is 1. The van der Waals surface area contributed by atoms with Crippen LogP contribution in [-0.2, 0) is 0 Å². The van der Waals surface area contributed by atoms with Gasteiger partial charge in [0, 0.05) is 6.42 Å². The van der Waals surface area contributed by atoms with E-state index in [9.17, 15) is 8.78 Å². The highest BCUT2D eigenvalue weighted by molar-refractivity contribution is 5.27. The zero-order chi connectivity index (χ0) is 7.62. The van der Waals surface area contributed by atoms with Gasteiger partial charge in [-0.3, -0.25) is 0 Å². The minimum Gasteiger partial charge on any atom is -0.319 e. The van der Waals surface area contributed by atoms with E-state index in [1.165, 1.54) is 0 Å². The third-order valence-electron chi connectivity index (χ3n) is 3.11. The van der Waals surface area contributed by atoms with E-state index in [0.717, 1.165) is 12.8 Å². The Balaban J connectivity index is 2.20. The summed E-state index contributed by atoms with van der Waals surface area (Å²) in [6, 6.07) is 0. The number of halogens is 2. The SMILES string of the molecule is CC1(C2(N)CC2(F)F)CC1. The van der Waals surface area contributed by atoms with Crippen LogP contribution in [0.2, 0.25) is 0 Å². The zero-order valence-corrected chi connectivity index (χ0v) is 5.95. The molecule has 0 heterocycles. The molecule has 0 aromatic heterocycles. The van der Waals surface area contributed by atoms with Gasteiger partial charge in [0.2, 0.25) is 0 Å². The van der Waals surface area contributed by atoms with E-state index in [0.29, 0.717) is 0 Å². The van der Waals surface area contributed by atoms with Gasteiger partial charge in [0.05, 0.1) is 5.54 Å². The molecule has 0 saturated heterocycles. The van der Waals surface area contributed by atoms with Gasteiger partial charge in [0.25, 0.3) is 5.92 Å². The first-order valence-corrected chi connectivity index (χ1v) is 3.58. The lowest BCUT2D eigenvalue weighted by atomic mass is 9.97. The van der Waals surface area contributed by atoms with Crippen LogP contribution in [-0.4, -0.2) is 11.5 Å². The molecule has 58 valence electrons. The summed E-state index contributed by atoms with van der Waals surface area (Å²) in [5.41, 5.74) is 4.14. The van der Waals surface area contributed by atoms with E-state index in [4.69, 9.17) is 5.73 Å². The van der Waals surface area contributed by atoms with Crippen molar-refractivity contribution in [1.82, 2.24) is 0 Å². The van der Waals surface area contributed by atoms with Gasteiger partial charge >= 0.3 is 0 Å². The van der Waals surface area contributed by atoms with E-state index in [1.54, 1.807) is 0 Å². The molecule has 0 spiro atoms. The molecule has 2 saturated carbocycles. The molecule has 1 nitrogen and oxygen atoms in total. The summed E-state index contributed by atoms with van der Waals surface area (Å²) in [4.78, 5) is 0. The summed E-state index contributed by atoms with van der Waals surface area (Å²) >= 11 is 0. The Bertz CT molecular complexity index is 186. The Labute approximate surface area is 58.6 Å². The molecular formula is C7H11F2N. The van der Waals surface area contributed by atoms with Crippen molar-refractivity contribution < 1.29 is 8.78 Å². The van der Waals surface area contributed by atoms with Crippen molar-refractivity contribution in [3.63, 3.8) is 0 Å². The summed E-state index contributed by atoms with van der Waals surface area (Å²) in [5.74, 6) is -2.57. The molecule has 0 amide bonds. The number of alkyl halides is 2. The Kier molecular flexibility index (Phi) is 0.812. The molecule has 0 radical (unpaired) electrons. The topological polar surface area (TPSA) is 26.0 Å². The van der Waals surface area contributed by atoms with Crippen LogP contribution in [0.5, 0.6) is 0 Å². The van der Waals surface area contributed by atoms with Crippen molar-refractivity contribution in [2.24, 2.45) is 11.1 Å². The molecule has 2 aliphatic rings. The van der Waals surface area contributed by atoms with Crippen molar-refractivity contribution in [1.29, 1.82) is 0 Å². The average Bonchev–Trinajstić information content (AvgIpc) is 2.56. The maximum absolute atomic E-state index is 12.6. The van der Waals surface area contributed by atoms with Crippen molar-refractivity contribution in [2.75, 3.05) is 0 Å². The molecule has 0 aromatic rings. The predicted octanol–water partition coefficient (Wildman–Crippen LogP) is 1.52. The second-order valence-electron chi connectivity index (χ2n) is 3.91. The van der Waals surface area contributed by atoms with Crippen molar-refractivity contribution in [3.05, 3.63) is 0 Å². The number of nitrogens with two attached hydrogens (primary N) is 1. The first-order valence-electron chi connectivity index (χ1n) is 3.58.